The molecule has 2 aromatic carbocycles. The lowest BCUT2D eigenvalue weighted by molar-refractivity contribution is -0.120. The molecule has 0 unspecified atom stereocenters. The molecule has 0 aliphatic carbocycles. The summed E-state index contributed by atoms with van der Waals surface area (Å²) in [5.41, 5.74) is 0.102. The third kappa shape index (κ3) is 2.75. The van der Waals surface area contributed by atoms with Crippen LogP contribution < -0.4 is 5.32 Å². The van der Waals surface area contributed by atoms with Crippen LogP contribution in [0.2, 0.25) is 0 Å². The molecule has 0 radical (unpaired) electrons. The van der Waals surface area contributed by atoms with Gasteiger partial charge in [0.05, 0.1) is 11.1 Å². The third-order valence-corrected chi connectivity index (χ3v) is 4.06. The first kappa shape index (κ1) is 16.1. The molecule has 0 atom stereocenters. The van der Waals surface area contributed by atoms with E-state index in [1.807, 2.05) is 0 Å². The maximum Gasteiger partial charge on any atom is 0.234 e. The maximum absolute atomic E-state index is 13.7. The molecule has 0 spiro atoms. The minimum atomic E-state index is -1.06. The monoisotopic (exact) mass is 332 g/mol. The first-order chi connectivity index (χ1) is 11.3. The van der Waals surface area contributed by atoms with Crippen LogP contribution in [0.4, 0.5) is 18.9 Å². The highest BCUT2D eigenvalue weighted by molar-refractivity contribution is 6.01. The molecule has 24 heavy (non-hydrogen) atoms. The molecule has 3 nitrogen and oxygen atoms in total. The summed E-state index contributed by atoms with van der Waals surface area (Å²) in [6.07, 6.45) is 1.63. The van der Waals surface area contributed by atoms with Crippen LogP contribution in [0.15, 0.2) is 42.6 Å². The molecule has 2 N–H and O–H groups in total. The number of aromatic amines is 1. The van der Waals surface area contributed by atoms with Gasteiger partial charge in [0.1, 0.15) is 17.5 Å². The first-order valence-electron chi connectivity index (χ1n) is 7.32. The standard InChI is InChI=1S/C18H15F3N2O/c1-18(2,13-9-22-15-5-3-10(19)7-12(13)15)17(24)23-16-6-4-11(20)8-14(16)21/h3-9,22H,1-2H3,(H,23,24). The van der Waals surface area contributed by atoms with E-state index >= 15 is 0 Å². The molecule has 3 rings (SSSR count). The molecule has 0 saturated carbocycles. The van der Waals surface area contributed by atoms with Gasteiger partial charge >= 0.3 is 0 Å². The Kier molecular flexibility index (Phi) is 3.83. The zero-order valence-electron chi connectivity index (χ0n) is 13.1. The molecule has 0 bridgehead atoms. The molecule has 6 heteroatoms. The fraction of sp³-hybridized carbons (Fsp3) is 0.167. The van der Waals surface area contributed by atoms with Crippen molar-refractivity contribution in [3.05, 3.63) is 65.6 Å². The van der Waals surface area contributed by atoms with Gasteiger partial charge in [-0.1, -0.05) is 0 Å². The number of aromatic nitrogens is 1. The average molecular weight is 332 g/mol. The maximum atomic E-state index is 13.7. The normalized spacial score (nSPS) is 11.7. The van der Waals surface area contributed by atoms with E-state index in [-0.39, 0.29) is 5.69 Å². The second kappa shape index (κ2) is 5.70. The van der Waals surface area contributed by atoms with Gasteiger partial charge in [0, 0.05) is 23.2 Å². The second-order valence-corrected chi connectivity index (χ2v) is 6.10. The number of benzene rings is 2. The minimum absolute atomic E-state index is 0.111. The van der Waals surface area contributed by atoms with Crippen LogP contribution >= 0.6 is 0 Å². The number of carbonyl (C=O) groups excluding carboxylic acids is 1. The van der Waals surface area contributed by atoms with E-state index in [2.05, 4.69) is 10.3 Å². The van der Waals surface area contributed by atoms with Crippen LogP contribution in [0.3, 0.4) is 0 Å². The predicted octanol–water partition coefficient (Wildman–Crippen LogP) is 4.50. The van der Waals surface area contributed by atoms with Gasteiger partial charge in [0.15, 0.2) is 0 Å². The highest BCUT2D eigenvalue weighted by Gasteiger charge is 2.32. The summed E-state index contributed by atoms with van der Waals surface area (Å²) in [5, 5.41) is 3.04. The summed E-state index contributed by atoms with van der Waals surface area (Å²) in [7, 11) is 0. The van der Waals surface area contributed by atoms with Crippen molar-refractivity contribution in [1.82, 2.24) is 4.98 Å². The molecule has 1 heterocycles. The fourth-order valence-electron chi connectivity index (χ4n) is 2.60. The van der Waals surface area contributed by atoms with Gasteiger partial charge in [-0.05, 0) is 49.7 Å². The van der Waals surface area contributed by atoms with Crippen molar-refractivity contribution < 1.29 is 18.0 Å². The van der Waals surface area contributed by atoms with Gasteiger partial charge in [-0.15, -0.1) is 0 Å². The number of halogens is 3. The summed E-state index contributed by atoms with van der Waals surface area (Å²) in [5.74, 6) is -2.48. The molecule has 0 aliphatic rings. The van der Waals surface area contributed by atoms with E-state index < -0.39 is 28.8 Å². The number of H-pyrrole nitrogens is 1. The number of fused-ring (bicyclic) bond motifs is 1. The Labute approximate surface area is 136 Å². The van der Waals surface area contributed by atoms with Crippen LogP contribution in [-0.4, -0.2) is 10.9 Å². The summed E-state index contributed by atoms with van der Waals surface area (Å²) < 4.78 is 40.2. The fourth-order valence-corrected chi connectivity index (χ4v) is 2.60. The number of nitrogens with one attached hydrogen (secondary N) is 2. The number of rotatable bonds is 3. The molecule has 0 saturated heterocycles. The lowest BCUT2D eigenvalue weighted by Crippen LogP contribution is -2.34. The van der Waals surface area contributed by atoms with Gasteiger partial charge in [-0.25, -0.2) is 13.2 Å². The van der Waals surface area contributed by atoms with Crippen molar-refractivity contribution >= 4 is 22.5 Å². The number of hydrogen-bond donors (Lipinski definition) is 2. The Morgan fingerprint density at radius 1 is 1.04 bits per heavy atom. The SMILES string of the molecule is CC(C)(C(=O)Nc1ccc(F)cc1F)c1c[nH]c2ccc(F)cc12. The van der Waals surface area contributed by atoms with Crippen molar-refractivity contribution in [2.45, 2.75) is 19.3 Å². The molecule has 3 aromatic rings. The Balaban J connectivity index is 1.96. The molecule has 0 aliphatic heterocycles. The molecule has 124 valence electrons. The van der Waals surface area contributed by atoms with Crippen LogP contribution in [0.1, 0.15) is 19.4 Å². The number of anilines is 1. The minimum Gasteiger partial charge on any atom is -0.361 e. The largest absolute Gasteiger partial charge is 0.361 e. The molecule has 1 amide bonds. The number of amides is 1. The predicted molar refractivity (Wildman–Crippen MR) is 86.3 cm³/mol. The number of hydrogen-bond acceptors (Lipinski definition) is 1. The van der Waals surface area contributed by atoms with E-state index in [0.717, 1.165) is 12.1 Å². The van der Waals surface area contributed by atoms with E-state index in [1.54, 1.807) is 26.1 Å². The summed E-state index contributed by atoms with van der Waals surface area (Å²) in [6.45, 7) is 3.30. The van der Waals surface area contributed by atoms with E-state index in [9.17, 15) is 18.0 Å². The Morgan fingerprint density at radius 3 is 2.42 bits per heavy atom. The Hall–Kier alpha value is -2.76. The van der Waals surface area contributed by atoms with E-state index in [0.29, 0.717) is 22.5 Å². The van der Waals surface area contributed by atoms with Gasteiger partial charge in [0.25, 0.3) is 0 Å². The third-order valence-electron chi connectivity index (χ3n) is 4.06. The van der Waals surface area contributed by atoms with Gasteiger partial charge < -0.3 is 10.3 Å². The molecule has 1 aromatic heterocycles. The van der Waals surface area contributed by atoms with E-state index in [1.165, 1.54) is 12.1 Å². The average Bonchev–Trinajstić information content (AvgIpc) is 2.93. The topological polar surface area (TPSA) is 44.9 Å². The van der Waals surface area contributed by atoms with Crippen molar-refractivity contribution in [3.8, 4) is 0 Å². The molecular formula is C18H15F3N2O. The highest BCUT2D eigenvalue weighted by atomic mass is 19.1. The Bertz CT molecular complexity index is 931. The summed E-state index contributed by atoms with van der Waals surface area (Å²) >= 11 is 0. The quantitative estimate of drug-likeness (QED) is 0.729. The van der Waals surface area contributed by atoms with Crippen molar-refractivity contribution in [1.29, 1.82) is 0 Å². The number of carbonyl (C=O) groups is 1. The van der Waals surface area contributed by atoms with Crippen LogP contribution in [0, 0.1) is 17.5 Å². The summed E-state index contributed by atoms with van der Waals surface area (Å²) in [4.78, 5) is 15.6. The van der Waals surface area contributed by atoms with Crippen LogP contribution in [-0.2, 0) is 10.2 Å². The lowest BCUT2D eigenvalue weighted by Gasteiger charge is -2.23. The lowest BCUT2D eigenvalue weighted by atomic mass is 9.83. The highest BCUT2D eigenvalue weighted by Crippen LogP contribution is 2.32. The van der Waals surface area contributed by atoms with E-state index in [4.69, 9.17) is 0 Å². The van der Waals surface area contributed by atoms with Crippen LogP contribution in [0.25, 0.3) is 10.9 Å². The second-order valence-electron chi connectivity index (χ2n) is 6.10. The van der Waals surface area contributed by atoms with Gasteiger partial charge in [-0.2, -0.15) is 0 Å². The van der Waals surface area contributed by atoms with Crippen LogP contribution in [0.5, 0.6) is 0 Å². The first-order valence-corrected chi connectivity index (χ1v) is 7.32. The van der Waals surface area contributed by atoms with Crippen molar-refractivity contribution in [3.63, 3.8) is 0 Å². The summed E-state index contributed by atoms with van der Waals surface area (Å²) in [6, 6.07) is 7.17. The van der Waals surface area contributed by atoms with Gasteiger partial charge in [-0.3, -0.25) is 4.79 Å². The Morgan fingerprint density at radius 2 is 1.71 bits per heavy atom. The van der Waals surface area contributed by atoms with Crippen molar-refractivity contribution in [2.75, 3.05) is 5.32 Å². The molecule has 0 fully saturated rings. The zero-order valence-corrected chi connectivity index (χ0v) is 13.1. The smallest absolute Gasteiger partial charge is 0.234 e. The molecular weight excluding hydrogens is 317 g/mol. The zero-order chi connectivity index (χ0) is 17.5. The van der Waals surface area contributed by atoms with Crippen molar-refractivity contribution in [2.24, 2.45) is 0 Å². The van der Waals surface area contributed by atoms with Gasteiger partial charge in [0.2, 0.25) is 5.91 Å².